The van der Waals surface area contributed by atoms with Crippen LogP contribution in [0.1, 0.15) is 79.6 Å². The molecular weight excluding hydrogens is 542 g/mol. The lowest BCUT2D eigenvalue weighted by atomic mass is 10.0. The Labute approximate surface area is 245 Å². The standard InChI is InChI=1S/C31H39N3O6S/c1-34-17-16-32-31(34)41-21-26-18-27(24-12-10-23(20-35)11-13-24)40-30(39-26)25-14-8-22(9-15-25)19-33-28(36)6-4-2-3-5-7-29(37)38/h8-17,26-27,30,35H,2-7,18-21H2,1H3,(H,33,36)(H,37,38)/t26-,27+,30+/m0/s1. The van der Waals surface area contributed by atoms with E-state index in [1.165, 1.54) is 0 Å². The first-order chi connectivity index (χ1) is 19.9. The number of hydrogen-bond donors (Lipinski definition) is 3. The normalized spacial score (nSPS) is 18.7. The van der Waals surface area contributed by atoms with Crippen LogP contribution in [0.2, 0.25) is 0 Å². The maximum Gasteiger partial charge on any atom is 0.303 e. The van der Waals surface area contributed by atoms with Gasteiger partial charge in [0.2, 0.25) is 5.91 Å². The number of thioether (sulfide) groups is 1. The first-order valence-corrected chi connectivity index (χ1v) is 15.1. The number of imidazole rings is 1. The second-order valence-electron chi connectivity index (χ2n) is 10.3. The molecule has 3 aromatic rings. The fourth-order valence-electron chi connectivity index (χ4n) is 4.68. The molecule has 4 rings (SSSR count). The predicted molar refractivity (Wildman–Crippen MR) is 156 cm³/mol. The highest BCUT2D eigenvalue weighted by Crippen LogP contribution is 2.39. The van der Waals surface area contributed by atoms with Gasteiger partial charge >= 0.3 is 5.97 Å². The van der Waals surface area contributed by atoms with Crippen molar-refractivity contribution in [2.45, 2.75) is 81.8 Å². The number of carboxylic acid groups (broad SMARTS) is 1. The van der Waals surface area contributed by atoms with Crippen LogP contribution in [0.4, 0.5) is 0 Å². The highest BCUT2D eigenvalue weighted by atomic mass is 32.2. The number of carboxylic acids is 1. The molecule has 0 unspecified atom stereocenters. The molecule has 1 aliphatic rings. The van der Waals surface area contributed by atoms with Gasteiger partial charge in [0.15, 0.2) is 11.4 Å². The maximum atomic E-state index is 12.2. The quantitative estimate of drug-likeness (QED) is 0.163. The van der Waals surface area contributed by atoms with Gasteiger partial charge in [-0.1, -0.05) is 73.1 Å². The van der Waals surface area contributed by atoms with Crippen molar-refractivity contribution in [1.29, 1.82) is 0 Å². The van der Waals surface area contributed by atoms with Crippen molar-refractivity contribution in [2.24, 2.45) is 7.05 Å². The number of rotatable bonds is 15. The average molecular weight is 582 g/mol. The number of aryl methyl sites for hydroxylation is 1. The number of aliphatic hydroxyl groups is 1. The Kier molecular flexibility index (Phi) is 11.8. The van der Waals surface area contributed by atoms with E-state index >= 15 is 0 Å². The minimum atomic E-state index is -0.775. The van der Waals surface area contributed by atoms with Gasteiger partial charge in [-0.05, 0) is 29.5 Å². The maximum absolute atomic E-state index is 12.2. The van der Waals surface area contributed by atoms with Crippen LogP contribution in [0.15, 0.2) is 66.1 Å². The predicted octanol–water partition coefficient (Wildman–Crippen LogP) is 5.29. The van der Waals surface area contributed by atoms with Crippen molar-refractivity contribution in [3.05, 3.63) is 83.2 Å². The van der Waals surface area contributed by atoms with E-state index in [0.29, 0.717) is 25.8 Å². The minimum Gasteiger partial charge on any atom is -0.481 e. The summed E-state index contributed by atoms with van der Waals surface area (Å²) < 4.78 is 14.8. The molecule has 220 valence electrons. The summed E-state index contributed by atoms with van der Waals surface area (Å²) in [7, 11) is 1.98. The third kappa shape index (κ3) is 9.71. The Balaban J connectivity index is 1.32. The molecule has 3 atom stereocenters. The summed E-state index contributed by atoms with van der Waals surface area (Å²) in [5.74, 6) is -0.0444. The number of ether oxygens (including phenoxy) is 2. The van der Waals surface area contributed by atoms with Gasteiger partial charge in [-0.25, -0.2) is 4.98 Å². The number of amides is 1. The largest absolute Gasteiger partial charge is 0.481 e. The lowest BCUT2D eigenvalue weighted by Gasteiger charge is -2.36. The Bertz CT molecular complexity index is 1250. The third-order valence-electron chi connectivity index (χ3n) is 7.08. The van der Waals surface area contributed by atoms with E-state index in [-0.39, 0.29) is 31.1 Å². The molecule has 1 aromatic heterocycles. The molecule has 1 amide bonds. The highest BCUT2D eigenvalue weighted by molar-refractivity contribution is 7.99. The molecule has 2 heterocycles. The van der Waals surface area contributed by atoms with Crippen LogP contribution < -0.4 is 5.32 Å². The van der Waals surface area contributed by atoms with Crippen molar-refractivity contribution in [1.82, 2.24) is 14.9 Å². The first-order valence-electron chi connectivity index (χ1n) is 14.1. The zero-order valence-corrected chi connectivity index (χ0v) is 24.2. The molecular formula is C31H39N3O6S. The van der Waals surface area contributed by atoms with Crippen molar-refractivity contribution in [3.63, 3.8) is 0 Å². The van der Waals surface area contributed by atoms with Gasteiger partial charge in [0.05, 0.1) is 18.8 Å². The number of hydrogen-bond acceptors (Lipinski definition) is 7. The number of aliphatic hydroxyl groups excluding tert-OH is 1. The van der Waals surface area contributed by atoms with Gasteiger partial charge in [-0.2, -0.15) is 0 Å². The van der Waals surface area contributed by atoms with E-state index in [1.54, 1.807) is 18.0 Å². The lowest BCUT2D eigenvalue weighted by molar-refractivity contribution is -0.245. The lowest BCUT2D eigenvalue weighted by Crippen LogP contribution is -2.31. The molecule has 1 fully saturated rings. The molecule has 1 aliphatic heterocycles. The van der Waals surface area contributed by atoms with Crippen molar-refractivity contribution >= 4 is 23.6 Å². The van der Waals surface area contributed by atoms with Crippen LogP contribution in [0.3, 0.4) is 0 Å². The van der Waals surface area contributed by atoms with Gasteiger partial charge in [0.1, 0.15) is 0 Å². The van der Waals surface area contributed by atoms with Crippen LogP contribution in [0.5, 0.6) is 0 Å². The Morgan fingerprint density at radius 2 is 1.66 bits per heavy atom. The topological polar surface area (TPSA) is 123 Å². The molecule has 0 radical (unpaired) electrons. The zero-order chi connectivity index (χ0) is 29.0. The van der Waals surface area contributed by atoms with E-state index in [1.807, 2.05) is 66.3 Å². The molecule has 0 saturated carbocycles. The van der Waals surface area contributed by atoms with Crippen LogP contribution >= 0.6 is 11.8 Å². The van der Waals surface area contributed by atoms with Crippen LogP contribution in [0, 0.1) is 0 Å². The highest BCUT2D eigenvalue weighted by Gasteiger charge is 2.32. The Morgan fingerprint density at radius 1 is 0.976 bits per heavy atom. The number of nitrogens with one attached hydrogen (secondary N) is 1. The summed E-state index contributed by atoms with van der Waals surface area (Å²) >= 11 is 1.66. The van der Waals surface area contributed by atoms with E-state index in [0.717, 1.165) is 52.4 Å². The SMILES string of the molecule is Cn1ccnc1SC[C@@H]1C[C@H](c2ccc(CO)cc2)O[C@H](c2ccc(CNC(=O)CCCCCCC(=O)O)cc2)O1. The minimum absolute atomic E-state index is 0.00186. The fourth-order valence-corrected chi connectivity index (χ4v) is 5.63. The third-order valence-corrected chi connectivity index (χ3v) is 8.27. The molecule has 10 heteroatoms. The zero-order valence-electron chi connectivity index (χ0n) is 23.4. The Morgan fingerprint density at radius 3 is 2.32 bits per heavy atom. The van der Waals surface area contributed by atoms with Crippen molar-refractivity contribution < 1.29 is 29.3 Å². The molecule has 0 aliphatic carbocycles. The molecule has 0 bridgehead atoms. The van der Waals surface area contributed by atoms with E-state index in [4.69, 9.17) is 14.6 Å². The first kappa shape index (κ1) is 30.8. The molecule has 1 saturated heterocycles. The molecule has 3 N–H and O–H groups in total. The van der Waals surface area contributed by atoms with E-state index < -0.39 is 12.3 Å². The fraction of sp³-hybridized carbons (Fsp3) is 0.452. The smallest absolute Gasteiger partial charge is 0.303 e. The van der Waals surface area contributed by atoms with Crippen LogP contribution in [-0.2, 0) is 39.3 Å². The number of aromatic nitrogens is 2. The summed E-state index contributed by atoms with van der Waals surface area (Å²) in [5, 5.41) is 22.0. The molecule has 0 spiro atoms. The number of unbranched alkanes of at least 4 members (excludes halogenated alkanes) is 3. The summed E-state index contributed by atoms with van der Waals surface area (Å²) in [6.07, 6.45) is 7.37. The number of aliphatic carboxylic acids is 1. The van der Waals surface area contributed by atoms with Crippen molar-refractivity contribution in [3.8, 4) is 0 Å². The number of carbonyl (C=O) groups excluding carboxylic acids is 1. The molecule has 9 nitrogen and oxygen atoms in total. The molecule has 2 aromatic carbocycles. The summed E-state index contributed by atoms with van der Waals surface area (Å²) in [5.41, 5.74) is 3.80. The number of benzene rings is 2. The number of nitrogens with zero attached hydrogens (tertiary/aromatic N) is 2. The number of carbonyl (C=O) groups is 2. The summed E-state index contributed by atoms with van der Waals surface area (Å²) in [4.78, 5) is 27.2. The summed E-state index contributed by atoms with van der Waals surface area (Å²) in [6, 6.07) is 15.8. The van der Waals surface area contributed by atoms with Gasteiger partial charge in [0, 0.05) is 56.6 Å². The van der Waals surface area contributed by atoms with E-state index in [9.17, 15) is 14.7 Å². The average Bonchev–Trinajstić information content (AvgIpc) is 3.41. The van der Waals surface area contributed by atoms with Gasteiger partial charge in [-0.3, -0.25) is 9.59 Å². The van der Waals surface area contributed by atoms with Gasteiger partial charge in [-0.15, -0.1) is 0 Å². The second-order valence-corrected chi connectivity index (χ2v) is 11.3. The molecule has 41 heavy (non-hydrogen) atoms. The van der Waals surface area contributed by atoms with Gasteiger partial charge in [0.25, 0.3) is 0 Å². The van der Waals surface area contributed by atoms with Crippen molar-refractivity contribution in [2.75, 3.05) is 5.75 Å². The summed E-state index contributed by atoms with van der Waals surface area (Å²) in [6.45, 7) is 0.440. The van der Waals surface area contributed by atoms with Crippen LogP contribution in [0.25, 0.3) is 0 Å². The monoisotopic (exact) mass is 581 g/mol. The van der Waals surface area contributed by atoms with Gasteiger partial charge < -0.3 is 29.6 Å². The Hall–Kier alpha value is -3.18. The van der Waals surface area contributed by atoms with E-state index in [2.05, 4.69) is 10.3 Å². The second kappa shape index (κ2) is 15.7. The van der Waals surface area contributed by atoms with Crippen LogP contribution in [-0.4, -0.2) is 43.5 Å².